The minimum atomic E-state index is -0.0916. The van der Waals surface area contributed by atoms with Crippen LogP contribution in [0.15, 0.2) is 60.7 Å². The van der Waals surface area contributed by atoms with Gasteiger partial charge in [-0.3, -0.25) is 0 Å². The number of anilines is 4. The van der Waals surface area contributed by atoms with Crippen LogP contribution in [-0.2, 0) is 13.0 Å². The zero-order valence-corrected chi connectivity index (χ0v) is 21.4. The second-order valence-electron chi connectivity index (χ2n) is 9.75. The predicted octanol–water partition coefficient (Wildman–Crippen LogP) is 4.24. The van der Waals surface area contributed by atoms with Gasteiger partial charge in [0.25, 0.3) is 0 Å². The molecule has 2 aliphatic heterocycles. The first kappa shape index (κ1) is 23.9. The number of piperazine rings is 1. The van der Waals surface area contributed by atoms with Crippen molar-refractivity contribution < 1.29 is 4.79 Å². The van der Waals surface area contributed by atoms with Crippen LogP contribution in [0, 0.1) is 0 Å². The van der Waals surface area contributed by atoms with Crippen molar-refractivity contribution >= 4 is 29.2 Å². The third-order valence-electron chi connectivity index (χ3n) is 7.13. The van der Waals surface area contributed by atoms with Gasteiger partial charge in [-0.1, -0.05) is 36.4 Å². The fraction of sp³-hybridized carbons (Fsp3) is 0.393. The first-order chi connectivity index (χ1) is 17.5. The number of amides is 2. The summed E-state index contributed by atoms with van der Waals surface area (Å²) >= 11 is 0. The van der Waals surface area contributed by atoms with E-state index >= 15 is 0 Å². The lowest BCUT2D eigenvalue weighted by atomic mass is 10.1. The number of hydrogen-bond acceptors (Lipinski definition) is 6. The lowest BCUT2D eigenvalue weighted by Gasteiger charge is -2.38. The van der Waals surface area contributed by atoms with Crippen molar-refractivity contribution in [2.75, 3.05) is 59.8 Å². The van der Waals surface area contributed by atoms with Crippen molar-refractivity contribution in [3.05, 3.63) is 71.9 Å². The molecule has 0 atom stereocenters. The maximum atomic E-state index is 13.0. The molecule has 2 aliphatic rings. The highest BCUT2D eigenvalue weighted by Gasteiger charge is 2.29. The maximum Gasteiger partial charge on any atom is 0.322 e. The summed E-state index contributed by atoms with van der Waals surface area (Å²) in [6.07, 6.45) is 0.718. The van der Waals surface area contributed by atoms with Crippen molar-refractivity contribution in [2.24, 2.45) is 0 Å². The van der Waals surface area contributed by atoms with Crippen LogP contribution in [0.3, 0.4) is 0 Å². The van der Waals surface area contributed by atoms with Gasteiger partial charge in [-0.2, -0.15) is 4.98 Å². The zero-order chi connectivity index (χ0) is 25.1. The third-order valence-corrected chi connectivity index (χ3v) is 7.13. The average Bonchev–Trinajstić information content (AvgIpc) is 2.92. The molecule has 0 radical (unpaired) electrons. The van der Waals surface area contributed by atoms with Gasteiger partial charge < -0.3 is 24.9 Å². The minimum absolute atomic E-state index is 0.0916. The highest BCUT2D eigenvalue weighted by atomic mass is 16.2. The molecule has 3 heterocycles. The van der Waals surface area contributed by atoms with E-state index in [2.05, 4.69) is 71.2 Å². The molecule has 0 bridgehead atoms. The van der Waals surface area contributed by atoms with Crippen LogP contribution >= 0.6 is 0 Å². The number of nitrogens with zero attached hydrogens (tertiary/aromatic N) is 6. The lowest BCUT2D eigenvalue weighted by Crippen LogP contribution is -2.47. The molecular formula is C28H35N7O. The normalized spacial score (nSPS) is 15.6. The number of urea groups is 1. The van der Waals surface area contributed by atoms with Gasteiger partial charge in [0.2, 0.25) is 5.95 Å². The Kier molecular flexibility index (Phi) is 6.93. The van der Waals surface area contributed by atoms with Gasteiger partial charge >= 0.3 is 6.03 Å². The van der Waals surface area contributed by atoms with E-state index in [0.29, 0.717) is 13.1 Å². The molecule has 1 aromatic heterocycles. The number of rotatable bonds is 5. The number of benzene rings is 2. The van der Waals surface area contributed by atoms with E-state index in [1.165, 1.54) is 5.69 Å². The third kappa shape index (κ3) is 5.08. The second kappa shape index (κ2) is 10.4. The fourth-order valence-corrected chi connectivity index (χ4v) is 4.76. The minimum Gasteiger partial charge on any atom is -0.368 e. The largest absolute Gasteiger partial charge is 0.368 e. The van der Waals surface area contributed by atoms with E-state index in [0.717, 1.165) is 61.3 Å². The molecule has 2 aromatic carbocycles. The van der Waals surface area contributed by atoms with Crippen molar-refractivity contribution in [2.45, 2.75) is 32.9 Å². The van der Waals surface area contributed by atoms with Gasteiger partial charge in [0.15, 0.2) is 0 Å². The highest BCUT2D eigenvalue weighted by Crippen LogP contribution is 2.30. The molecule has 36 heavy (non-hydrogen) atoms. The van der Waals surface area contributed by atoms with E-state index in [9.17, 15) is 4.79 Å². The van der Waals surface area contributed by atoms with Gasteiger partial charge in [0, 0.05) is 69.2 Å². The molecule has 1 N–H and O–H groups in total. The molecule has 188 valence electrons. The summed E-state index contributed by atoms with van der Waals surface area (Å²) < 4.78 is 0. The van der Waals surface area contributed by atoms with Crippen LogP contribution in [0.1, 0.15) is 25.1 Å². The van der Waals surface area contributed by atoms with Crippen LogP contribution in [0.5, 0.6) is 0 Å². The Morgan fingerprint density at radius 1 is 0.889 bits per heavy atom. The van der Waals surface area contributed by atoms with Gasteiger partial charge in [0.05, 0.1) is 12.2 Å². The number of carbonyl (C=O) groups excluding carboxylic acids is 1. The SMILES string of the molecule is CC(C)N(C)c1nc(N2CCN(c3ccccc3)CC2)nc2c1CN(C(=O)Nc1ccccc1)CC2. The Hall–Kier alpha value is -3.81. The summed E-state index contributed by atoms with van der Waals surface area (Å²) in [7, 11) is 2.08. The van der Waals surface area contributed by atoms with Gasteiger partial charge in [-0.25, -0.2) is 9.78 Å². The average molecular weight is 486 g/mol. The van der Waals surface area contributed by atoms with Crippen molar-refractivity contribution in [1.82, 2.24) is 14.9 Å². The first-order valence-corrected chi connectivity index (χ1v) is 12.8. The zero-order valence-electron chi connectivity index (χ0n) is 21.4. The standard InChI is InChI=1S/C28H35N7O/c1-21(2)32(3)26-24-20-35(28(36)29-22-10-6-4-7-11-22)15-14-25(24)30-27(31-26)34-18-16-33(17-19-34)23-12-8-5-9-13-23/h4-13,21H,14-20H2,1-3H3,(H,29,36). The van der Waals surface area contributed by atoms with Gasteiger partial charge in [-0.05, 0) is 38.1 Å². The van der Waals surface area contributed by atoms with Crippen molar-refractivity contribution in [3.63, 3.8) is 0 Å². The van der Waals surface area contributed by atoms with Gasteiger partial charge in [-0.15, -0.1) is 0 Å². The first-order valence-electron chi connectivity index (χ1n) is 12.8. The molecule has 0 spiro atoms. The second-order valence-corrected chi connectivity index (χ2v) is 9.75. The molecule has 1 fully saturated rings. The molecule has 0 unspecified atom stereocenters. The smallest absolute Gasteiger partial charge is 0.322 e. The van der Waals surface area contributed by atoms with E-state index in [4.69, 9.17) is 9.97 Å². The Balaban J connectivity index is 1.35. The Labute approximate surface area is 213 Å². The predicted molar refractivity (Wildman–Crippen MR) is 146 cm³/mol. The van der Waals surface area contributed by atoms with Crippen LogP contribution in [0.4, 0.5) is 27.9 Å². The molecule has 5 rings (SSSR count). The van der Waals surface area contributed by atoms with Crippen molar-refractivity contribution in [3.8, 4) is 0 Å². The number of nitrogens with one attached hydrogen (secondary N) is 1. The Morgan fingerprint density at radius 2 is 1.53 bits per heavy atom. The summed E-state index contributed by atoms with van der Waals surface area (Å²) in [4.78, 5) is 31.9. The topological polar surface area (TPSA) is 67.8 Å². The van der Waals surface area contributed by atoms with E-state index in [-0.39, 0.29) is 12.1 Å². The number of fused-ring (bicyclic) bond motifs is 1. The Morgan fingerprint density at radius 3 is 2.19 bits per heavy atom. The summed E-state index contributed by atoms with van der Waals surface area (Å²) in [6.45, 7) is 9.09. The number of aromatic nitrogens is 2. The summed E-state index contributed by atoms with van der Waals surface area (Å²) in [5.74, 6) is 1.72. The fourth-order valence-electron chi connectivity index (χ4n) is 4.76. The molecule has 8 nitrogen and oxygen atoms in total. The molecule has 0 saturated carbocycles. The van der Waals surface area contributed by atoms with Gasteiger partial charge in [0.1, 0.15) is 5.82 Å². The van der Waals surface area contributed by atoms with Crippen LogP contribution in [0.2, 0.25) is 0 Å². The summed E-state index contributed by atoms with van der Waals surface area (Å²) in [5.41, 5.74) is 4.16. The monoisotopic (exact) mass is 485 g/mol. The van der Waals surface area contributed by atoms with Crippen LogP contribution < -0.4 is 20.0 Å². The molecule has 2 amide bonds. The molecule has 0 aliphatic carbocycles. The molecular weight excluding hydrogens is 450 g/mol. The maximum absolute atomic E-state index is 13.0. The highest BCUT2D eigenvalue weighted by molar-refractivity contribution is 5.89. The quantitative estimate of drug-likeness (QED) is 0.583. The summed E-state index contributed by atoms with van der Waals surface area (Å²) in [6, 6.07) is 20.3. The van der Waals surface area contributed by atoms with E-state index in [1.807, 2.05) is 35.2 Å². The number of hydrogen-bond donors (Lipinski definition) is 1. The van der Waals surface area contributed by atoms with E-state index < -0.39 is 0 Å². The number of carbonyl (C=O) groups is 1. The van der Waals surface area contributed by atoms with Crippen LogP contribution in [0.25, 0.3) is 0 Å². The molecule has 3 aromatic rings. The molecule has 1 saturated heterocycles. The van der Waals surface area contributed by atoms with Crippen molar-refractivity contribution in [1.29, 1.82) is 0 Å². The Bertz CT molecular complexity index is 1180. The number of para-hydroxylation sites is 2. The lowest BCUT2D eigenvalue weighted by molar-refractivity contribution is 0.206. The van der Waals surface area contributed by atoms with E-state index in [1.54, 1.807) is 0 Å². The van der Waals surface area contributed by atoms with Crippen LogP contribution in [-0.4, -0.2) is 66.7 Å². The summed E-state index contributed by atoms with van der Waals surface area (Å²) in [5, 5.41) is 3.01. The molecule has 8 heteroatoms.